The van der Waals surface area contributed by atoms with E-state index in [-0.39, 0.29) is 5.91 Å². The number of nitrogens with one attached hydrogen (secondary N) is 1. The van der Waals surface area contributed by atoms with Gasteiger partial charge in [-0.2, -0.15) is 11.8 Å². The second kappa shape index (κ2) is 11.6. The zero-order valence-corrected chi connectivity index (χ0v) is 20.3. The number of sulfonamides is 1. The Hall–Kier alpha value is -2.19. The molecule has 1 atom stereocenters. The van der Waals surface area contributed by atoms with E-state index >= 15 is 0 Å². The number of nitrogens with zero attached hydrogens (tertiary/aromatic N) is 1. The number of ether oxygens (including phenoxy) is 1. The minimum atomic E-state index is -3.66. The van der Waals surface area contributed by atoms with E-state index < -0.39 is 16.1 Å². The Balaban J connectivity index is 1.59. The van der Waals surface area contributed by atoms with Crippen molar-refractivity contribution >= 4 is 33.4 Å². The summed E-state index contributed by atoms with van der Waals surface area (Å²) in [7, 11) is -3.66. The van der Waals surface area contributed by atoms with Gasteiger partial charge in [-0.25, -0.2) is 8.42 Å². The Morgan fingerprint density at radius 1 is 1.06 bits per heavy atom. The molecule has 2 aromatic carbocycles. The van der Waals surface area contributed by atoms with Gasteiger partial charge in [-0.05, 0) is 56.2 Å². The van der Waals surface area contributed by atoms with Crippen LogP contribution in [0.15, 0.2) is 54.6 Å². The van der Waals surface area contributed by atoms with E-state index in [1.54, 1.807) is 31.2 Å². The van der Waals surface area contributed by atoms with E-state index in [2.05, 4.69) is 5.32 Å². The molecule has 1 unspecified atom stereocenters. The summed E-state index contributed by atoms with van der Waals surface area (Å²) in [4.78, 5) is 12.7. The predicted octanol–water partition coefficient (Wildman–Crippen LogP) is 4.82. The van der Waals surface area contributed by atoms with Crippen LogP contribution in [0.3, 0.4) is 0 Å². The molecule has 0 saturated heterocycles. The molecule has 32 heavy (non-hydrogen) atoms. The molecule has 1 aliphatic carbocycles. The van der Waals surface area contributed by atoms with E-state index in [0.717, 1.165) is 16.3 Å². The predicted molar refractivity (Wildman–Crippen MR) is 132 cm³/mol. The molecular formula is C24H32N2O4S2. The van der Waals surface area contributed by atoms with Gasteiger partial charge in [0.05, 0.1) is 11.9 Å². The maximum Gasteiger partial charge on any atom is 0.243 e. The maximum atomic E-state index is 12.7. The van der Waals surface area contributed by atoms with Crippen molar-refractivity contribution in [2.24, 2.45) is 0 Å². The van der Waals surface area contributed by atoms with Crippen LogP contribution in [0.25, 0.3) is 0 Å². The fraction of sp³-hybridized carbons (Fsp3) is 0.458. The van der Waals surface area contributed by atoms with E-state index in [9.17, 15) is 13.2 Å². The number of anilines is 1. The van der Waals surface area contributed by atoms with Gasteiger partial charge < -0.3 is 10.1 Å². The van der Waals surface area contributed by atoms with Crippen LogP contribution < -0.4 is 14.4 Å². The smallest absolute Gasteiger partial charge is 0.243 e. The lowest BCUT2D eigenvalue weighted by Crippen LogP contribution is -2.48. The Bertz CT molecular complexity index is 959. The summed E-state index contributed by atoms with van der Waals surface area (Å²) in [5.74, 6) is 1.82. The van der Waals surface area contributed by atoms with Crippen molar-refractivity contribution in [1.29, 1.82) is 0 Å². The van der Waals surface area contributed by atoms with E-state index in [1.165, 1.54) is 32.1 Å². The fourth-order valence-corrected chi connectivity index (χ4v) is 6.27. The highest BCUT2D eigenvalue weighted by Gasteiger charge is 2.29. The molecule has 0 heterocycles. The van der Waals surface area contributed by atoms with Crippen molar-refractivity contribution in [2.75, 3.05) is 22.9 Å². The van der Waals surface area contributed by atoms with Crippen molar-refractivity contribution in [3.05, 3.63) is 54.6 Å². The Kier molecular flexibility index (Phi) is 8.87. The third kappa shape index (κ3) is 7.17. The van der Waals surface area contributed by atoms with Crippen molar-refractivity contribution < 1.29 is 17.9 Å². The molecular weight excluding hydrogens is 444 g/mol. The highest BCUT2D eigenvalue weighted by molar-refractivity contribution is 7.99. The maximum absolute atomic E-state index is 12.7. The number of hydrogen-bond donors (Lipinski definition) is 1. The quantitative estimate of drug-likeness (QED) is 0.498. The van der Waals surface area contributed by atoms with Crippen LogP contribution in [0.5, 0.6) is 11.5 Å². The van der Waals surface area contributed by atoms with Gasteiger partial charge >= 0.3 is 0 Å². The molecule has 2 aromatic rings. The van der Waals surface area contributed by atoms with Crippen LogP contribution in [0.2, 0.25) is 0 Å². The Morgan fingerprint density at radius 3 is 2.31 bits per heavy atom. The topological polar surface area (TPSA) is 75.7 Å². The molecule has 1 aliphatic rings. The number of rotatable bonds is 10. The molecule has 3 rings (SSSR count). The first-order valence-electron chi connectivity index (χ1n) is 11.1. The van der Waals surface area contributed by atoms with E-state index in [4.69, 9.17) is 4.74 Å². The zero-order chi connectivity index (χ0) is 23.0. The molecule has 1 N–H and O–H groups in total. The lowest BCUT2D eigenvalue weighted by atomic mass is 10.0. The Labute approximate surface area is 195 Å². The van der Waals surface area contributed by atoms with Crippen LogP contribution in [0, 0.1) is 0 Å². The monoisotopic (exact) mass is 476 g/mol. The van der Waals surface area contributed by atoms with Crippen molar-refractivity contribution in [3.8, 4) is 11.5 Å². The number of thioether (sulfide) groups is 1. The van der Waals surface area contributed by atoms with Gasteiger partial charge in [0.1, 0.15) is 17.5 Å². The van der Waals surface area contributed by atoms with Crippen molar-refractivity contribution in [2.45, 2.75) is 50.3 Å². The summed E-state index contributed by atoms with van der Waals surface area (Å²) < 4.78 is 31.9. The first-order chi connectivity index (χ1) is 15.3. The summed E-state index contributed by atoms with van der Waals surface area (Å²) in [5, 5.41) is 3.58. The molecule has 1 fully saturated rings. The minimum absolute atomic E-state index is 0.302. The van der Waals surface area contributed by atoms with Gasteiger partial charge in [0.2, 0.25) is 15.9 Å². The van der Waals surface area contributed by atoms with Gasteiger partial charge in [0, 0.05) is 17.5 Å². The second-order valence-corrected chi connectivity index (χ2v) is 11.3. The SMILES string of the molecule is CC(C(=O)NCCSC1CCCCC1)N(c1ccc(Oc2ccccc2)cc1)S(C)(=O)=O. The summed E-state index contributed by atoms with van der Waals surface area (Å²) in [6, 6.07) is 15.2. The zero-order valence-electron chi connectivity index (χ0n) is 18.7. The number of carbonyl (C=O) groups excluding carboxylic acids is 1. The van der Waals surface area contributed by atoms with Gasteiger partial charge in [-0.1, -0.05) is 37.5 Å². The molecule has 8 heteroatoms. The first kappa shape index (κ1) is 24.5. The number of amides is 1. The molecule has 1 saturated carbocycles. The molecule has 174 valence electrons. The van der Waals surface area contributed by atoms with Gasteiger partial charge in [0.15, 0.2) is 0 Å². The highest BCUT2D eigenvalue weighted by atomic mass is 32.2. The molecule has 0 bridgehead atoms. The van der Waals surface area contributed by atoms with Gasteiger partial charge in [-0.3, -0.25) is 9.10 Å². The largest absolute Gasteiger partial charge is 0.457 e. The third-order valence-corrected chi connectivity index (χ3v) is 8.09. The number of benzene rings is 2. The lowest BCUT2D eigenvalue weighted by Gasteiger charge is -2.28. The van der Waals surface area contributed by atoms with Crippen LogP contribution in [-0.4, -0.2) is 44.2 Å². The van der Waals surface area contributed by atoms with Crippen molar-refractivity contribution in [1.82, 2.24) is 5.32 Å². The van der Waals surface area contributed by atoms with Gasteiger partial charge in [-0.15, -0.1) is 0 Å². The number of hydrogen-bond acceptors (Lipinski definition) is 5. The molecule has 0 aromatic heterocycles. The van der Waals surface area contributed by atoms with Crippen LogP contribution in [-0.2, 0) is 14.8 Å². The first-order valence-corrected chi connectivity index (χ1v) is 14.0. The average Bonchev–Trinajstić information content (AvgIpc) is 2.78. The normalized spacial score (nSPS) is 15.7. The van der Waals surface area contributed by atoms with Crippen molar-refractivity contribution in [3.63, 3.8) is 0 Å². The van der Waals surface area contributed by atoms with E-state index in [1.807, 2.05) is 42.1 Å². The van der Waals surface area contributed by atoms with Crippen LogP contribution in [0.1, 0.15) is 39.0 Å². The molecule has 0 aliphatic heterocycles. The van der Waals surface area contributed by atoms with E-state index in [0.29, 0.717) is 29.0 Å². The van der Waals surface area contributed by atoms with Crippen LogP contribution >= 0.6 is 11.8 Å². The summed E-state index contributed by atoms with van der Waals surface area (Å²) in [6.45, 7) is 2.14. The fourth-order valence-electron chi connectivity index (χ4n) is 3.87. The van der Waals surface area contributed by atoms with Gasteiger partial charge in [0.25, 0.3) is 0 Å². The molecule has 0 radical (unpaired) electrons. The standard InChI is InChI=1S/C24H32N2O4S2/c1-19(24(27)25-17-18-31-23-11-7-4-8-12-23)26(32(2,28)29)20-13-15-22(16-14-20)30-21-9-5-3-6-10-21/h3,5-6,9-10,13-16,19,23H,4,7-8,11-12,17-18H2,1-2H3,(H,25,27). The number of para-hydroxylation sites is 1. The summed E-state index contributed by atoms with van der Waals surface area (Å²) >= 11 is 1.90. The summed E-state index contributed by atoms with van der Waals surface area (Å²) in [5.41, 5.74) is 0.423. The lowest BCUT2D eigenvalue weighted by molar-refractivity contribution is -0.121. The minimum Gasteiger partial charge on any atom is -0.457 e. The molecule has 0 spiro atoms. The molecule has 1 amide bonds. The highest BCUT2D eigenvalue weighted by Crippen LogP contribution is 2.28. The number of carbonyl (C=O) groups is 1. The second-order valence-electron chi connectivity index (χ2n) is 8.07. The van der Waals surface area contributed by atoms with Crippen LogP contribution in [0.4, 0.5) is 5.69 Å². The Morgan fingerprint density at radius 2 is 1.69 bits per heavy atom. The summed E-state index contributed by atoms with van der Waals surface area (Å²) in [6.07, 6.45) is 7.52. The molecule has 6 nitrogen and oxygen atoms in total. The third-order valence-electron chi connectivity index (χ3n) is 5.47. The average molecular weight is 477 g/mol.